The van der Waals surface area contributed by atoms with E-state index in [2.05, 4.69) is 34.7 Å². The first-order chi connectivity index (χ1) is 9.39. The summed E-state index contributed by atoms with van der Waals surface area (Å²) >= 11 is 2.12. The third-order valence-electron chi connectivity index (χ3n) is 2.95. The number of rotatable bonds is 6. The Hall–Kier alpha value is -1.47. The van der Waals surface area contributed by atoms with Crippen LogP contribution in [0, 0.1) is 31.6 Å². The van der Waals surface area contributed by atoms with Gasteiger partial charge in [0.05, 0.1) is 39.0 Å². The van der Waals surface area contributed by atoms with Gasteiger partial charge in [0.15, 0.2) is 5.75 Å². The van der Waals surface area contributed by atoms with Crippen LogP contribution in [0.1, 0.15) is 38.7 Å². The fraction of sp³-hybridized carbons (Fsp3) is 0.467. The van der Waals surface area contributed by atoms with Crippen LogP contribution in [0.5, 0.6) is 5.75 Å². The summed E-state index contributed by atoms with van der Waals surface area (Å²) in [5.74, 6) is 0.643. The molecule has 0 amide bonds. The maximum atomic E-state index is 8.93. The van der Waals surface area contributed by atoms with Crippen molar-refractivity contribution in [1.29, 1.82) is 10.5 Å². The van der Waals surface area contributed by atoms with Gasteiger partial charge in [0.1, 0.15) is 0 Å². The number of unbranched alkanes of at least 4 members (excludes halogenated alkanes) is 1. The summed E-state index contributed by atoms with van der Waals surface area (Å²) in [5.41, 5.74) is 6.63. The lowest BCUT2D eigenvalue weighted by atomic mass is 9.89. The molecule has 0 unspecified atom stereocenters. The van der Waals surface area contributed by atoms with Crippen molar-refractivity contribution in [1.82, 2.24) is 0 Å². The number of anilines is 1. The fourth-order valence-corrected chi connectivity index (χ4v) is 2.53. The molecule has 5 heteroatoms. The maximum Gasteiger partial charge on any atom is 0.155 e. The lowest BCUT2D eigenvalue weighted by Gasteiger charge is -2.15. The molecule has 106 valence electrons. The number of nitrogens with two attached hydrogens (primary N) is 1. The van der Waals surface area contributed by atoms with Gasteiger partial charge in [-0.15, -0.1) is 0 Å². The number of nitrogens with zero attached hydrogens (tertiary/aromatic N) is 2. The van der Waals surface area contributed by atoms with Crippen molar-refractivity contribution in [2.75, 3.05) is 12.3 Å². The smallest absolute Gasteiger partial charge is 0.155 e. The van der Waals surface area contributed by atoms with E-state index in [-0.39, 0.29) is 5.41 Å². The van der Waals surface area contributed by atoms with E-state index in [1.54, 1.807) is 12.1 Å². The Morgan fingerprint density at radius 3 is 2.55 bits per heavy atom. The third kappa shape index (κ3) is 4.90. The highest BCUT2D eigenvalue weighted by atomic mass is 127. The molecule has 0 fully saturated rings. The Labute approximate surface area is 133 Å². The normalized spacial score (nSPS) is 10.7. The zero-order valence-electron chi connectivity index (χ0n) is 11.7. The van der Waals surface area contributed by atoms with Gasteiger partial charge < -0.3 is 10.5 Å². The van der Waals surface area contributed by atoms with Gasteiger partial charge in [0, 0.05) is 0 Å². The quantitative estimate of drug-likeness (QED) is 0.460. The molecule has 0 aliphatic heterocycles. The molecule has 1 aromatic carbocycles. The Balaban J connectivity index is 2.48. The van der Waals surface area contributed by atoms with Crippen molar-refractivity contribution in [3.05, 3.63) is 21.3 Å². The molecular formula is C15H18IN3O. The third-order valence-corrected chi connectivity index (χ3v) is 3.75. The lowest BCUT2D eigenvalue weighted by molar-refractivity contribution is 0.294. The summed E-state index contributed by atoms with van der Waals surface area (Å²) in [6, 6.07) is 7.73. The molecule has 1 aromatic rings. The van der Waals surface area contributed by atoms with E-state index in [0.717, 1.165) is 22.8 Å². The fourth-order valence-electron chi connectivity index (χ4n) is 1.73. The molecule has 0 aromatic heterocycles. The van der Waals surface area contributed by atoms with Crippen LogP contribution in [0.25, 0.3) is 0 Å². The molecule has 0 heterocycles. The van der Waals surface area contributed by atoms with Crippen LogP contribution in [0.2, 0.25) is 0 Å². The van der Waals surface area contributed by atoms with E-state index in [9.17, 15) is 0 Å². The van der Waals surface area contributed by atoms with Gasteiger partial charge >= 0.3 is 0 Å². The molecule has 0 saturated carbocycles. The molecule has 2 N–H and O–H groups in total. The predicted molar refractivity (Wildman–Crippen MR) is 87.0 cm³/mol. The minimum absolute atomic E-state index is 0.276. The topological polar surface area (TPSA) is 82.8 Å². The van der Waals surface area contributed by atoms with Gasteiger partial charge in [-0.25, -0.2) is 0 Å². The molecule has 0 bridgehead atoms. The molecule has 0 radical (unpaired) electrons. The van der Waals surface area contributed by atoms with Gasteiger partial charge in [-0.1, -0.05) is 0 Å². The van der Waals surface area contributed by atoms with Crippen LogP contribution in [0.4, 0.5) is 5.69 Å². The Morgan fingerprint density at radius 2 is 2.00 bits per heavy atom. The first kappa shape index (κ1) is 16.6. The first-order valence-corrected chi connectivity index (χ1v) is 7.50. The summed E-state index contributed by atoms with van der Waals surface area (Å²) in [7, 11) is 0. The van der Waals surface area contributed by atoms with Crippen molar-refractivity contribution >= 4 is 28.3 Å². The number of nitrogen functional groups attached to an aromatic ring is 1. The van der Waals surface area contributed by atoms with E-state index in [1.807, 2.05) is 13.8 Å². The second-order valence-corrected chi connectivity index (χ2v) is 6.45. The van der Waals surface area contributed by atoms with E-state index in [0.29, 0.717) is 23.6 Å². The summed E-state index contributed by atoms with van der Waals surface area (Å²) in [4.78, 5) is 0. The molecule has 0 atom stereocenters. The average molecular weight is 383 g/mol. The number of benzene rings is 1. The van der Waals surface area contributed by atoms with Crippen molar-refractivity contribution < 1.29 is 4.74 Å². The SMILES string of the molecule is CC(C)(C#N)CCCCOc1c(N)cc(C#N)cc1I. The number of nitriles is 2. The largest absolute Gasteiger partial charge is 0.490 e. The second kappa shape index (κ2) is 7.35. The molecule has 20 heavy (non-hydrogen) atoms. The Bertz CT molecular complexity index is 532. The van der Waals surface area contributed by atoms with Gasteiger partial charge in [-0.3, -0.25) is 0 Å². The van der Waals surface area contributed by atoms with E-state index >= 15 is 0 Å². The van der Waals surface area contributed by atoms with Gasteiger partial charge in [-0.2, -0.15) is 10.5 Å². The molecule has 0 spiro atoms. The van der Waals surface area contributed by atoms with Crippen LogP contribution < -0.4 is 10.5 Å². The zero-order valence-corrected chi connectivity index (χ0v) is 13.9. The predicted octanol–water partition coefficient (Wildman–Crippen LogP) is 3.84. The van der Waals surface area contributed by atoms with Crippen molar-refractivity contribution in [3.8, 4) is 17.9 Å². The zero-order chi connectivity index (χ0) is 15.2. The van der Waals surface area contributed by atoms with Crippen LogP contribution in [-0.2, 0) is 0 Å². The second-order valence-electron chi connectivity index (χ2n) is 5.29. The van der Waals surface area contributed by atoms with E-state index in [1.165, 1.54) is 0 Å². The highest BCUT2D eigenvalue weighted by Crippen LogP contribution is 2.30. The average Bonchev–Trinajstić information content (AvgIpc) is 2.40. The minimum atomic E-state index is -0.276. The molecule has 0 aliphatic rings. The molecule has 0 saturated heterocycles. The van der Waals surface area contributed by atoms with Crippen molar-refractivity contribution in [3.63, 3.8) is 0 Å². The summed E-state index contributed by atoms with van der Waals surface area (Å²) < 4.78 is 6.53. The van der Waals surface area contributed by atoms with Gasteiger partial charge in [0.25, 0.3) is 0 Å². The molecule has 4 nitrogen and oxygen atoms in total. The molecule has 0 aliphatic carbocycles. The van der Waals surface area contributed by atoms with Crippen LogP contribution >= 0.6 is 22.6 Å². The summed E-state index contributed by atoms with van der Waals surface area (Å²) in [5, 5.41) is 17.8. The number of halogens is 1. The first-order valence-electron chi connectivity index (χ1n) is 6.43. The van der Waals surface area contributed by atoms with Crippen LogP contribution in [0.15, 0.2) is 12.1 Å². The Kier molecular flexibility index (Phi) is 6.09. The van der Waals surface area contributed by atoms with E-state index < -0.39 is 0 Å². The Morgan fingerprint density at radius 1 is 1.30 bits per heavy atom. The lowest BCUT2D eigenvalue weighted by Crippen LogP contribution is -2.09. The van der Waals surface area contributed by atoms with Crippen LogP contribution in [0.3, 0.4) is 0 Å². The van der Waals surface area contributed by atoms with Gasteiger partial charge in [-0.05, 0) is 67.8 Å². The minimum Gasteiger partial charge on any atom is -0.490 e. The molecular weight excluding hydrogens is 365 g/mol. The van der Waals surface area contributed by atoms with E-state index in [4.69, 9.17) is 21.0 Å². The number of ether oxygens (including phenoxy) is 1. The standard InChI is InChI=1S/C15H18IN3O/c1-15(2,10-18)5-3-4-6-20-14-12(16)7-11(9-17)8-13(14)19/h7-8H,3-6,19H2,1-2H3. The summed E-state index contributed by atoms with van der Waals surface area (Å²) in [6.45, 7) is 4.44. The van der Waals surface area contributed by atoms with Crippen molar-refractivity contribution in [2.45, 2.75) is 33.1 Å². The highest BCUT2D eigenvalue weighted by molar-refractivity contribution is 14.1. The summed E-state index contributed by atoms with van der Waals surface area (Å²) in [6.07, 6.45) is 2.67. The highest BCUT2D eigenvalue weighted by Gasteiger charge is 2.15. The van der Waals surface area contributed by atoms with Crippen LogP contribution in [-0.4, -0.2) is 6.61 Å². The van der Waals surface area contributed by atoms with Gasteiger partial charge in [0.2, 0.25) is 0 Å². The molecule has 1 rings (SSSR count). The number of hydrogen-bond acceptors (Lipinski definition) is 4. The monoisotopic (exact) mass is 383 g/mol. The number of hydrogen-bond donors (Lipinski definition) is 1. The maximum absolute atomic E-state index is 8.93. The van der Waals surface area contributed by atoms with Crippen molar-refractivity contribution in [2.24, 2.45) is 5.41 Å².